The van der Waals surface area contributed by atoms with Gasteiger partial charge in [-0.2, -0.15) is 0 Å². The van der Waals surface area contributed by atoms with Crippen molar-refractivity contribution < 1.29 is 9.63 Å². The van der Waals surface area contributed by atoms with E-state index in [-0.39, 0.29) is 5.75 Å². The van der Waals surface area contributed by atoms with E-state index in [1.54, 1.807) is 18.2 Å². The van der Waals surface area contributed by atoms with Crippen LogP contribution in [0, 0.1) is 0 Å². The molecule has 17 heavy (non-hydrogen) atoms. The van der Waals surface area contributed by atoms with E-state index in [1.807, 2.05) is 24.3 Å². The SMILES string of the molecule is Oc1cccc2c(-c3cccc(Cl)c3)noc12. The number of rotatable bonds is 1. The summed E-state index contributed by atoms with van der Waals surface area (Å²) in [7, 11) is 0. The molecule has 3 aromatic rings. The monoisotopic (exact) mass is 245 g/mol. The molecule has 0 aliphatic rings. The van der Waals surface area contributed by atoms with Gasteiger partial charge in [-0.3, -0.25) is 0 Å². The first-order chi connectivity index (χ1) is 8.25. The minimum absolute atomic E-state index is 0.0864. The van der Waals surface area contributed by atoms with Gasteiger partial charge in [0.25, 0.3) is 0 Å². The Balaban J connectivity index is 2.28. The van der Waals surface area contributed by atoms with Crippen molar-refractivity contribution in [3.05, 3.63) is 47.5 Å². The largest absolute Gasteiger partial charge is 0.504 e. The number of hydrogen-bond acceptors (Lipinski definition) is 3. The second-order valence-electron chi connectivity index (χ2n) is 3.70. The summed E-state index contributed by atoms with van der Waals surface area (Å²) in [6.45, 7) is 0. The minimum atomic E-state index is 0.0864. The summed E-state index contributed by atoms with van der Waals surface area (Å²) in [5.41, 5.74) is 1.93. The predicted octanol–water partition coefficient (Wildman–Crippen LogP) is 3.85. The van der Waals surface area contributed by atoms with Crippen LogP contribution in [-0.2, 0) is 0 Å². The molecule has 0 aliphatic carbocycles. The molecule has 4 heteroatoms. The third kappa shape index (κ3) is 1.65. The van der Waals surface area contributed by atoms with E-state index in [4.69, 9.17) is 16.1 Å². The second-order valence-corrected chi connectivity index (χ2v) is 4.13. The normalized spacial score (nSPS) is 10.9. The summed E-state index contributed by atoms with van der Waals surface area (Å²) >= 11 is 5.94. The Hall–Kier alpha value is -2.00. The predicted molar refractivity (Wildman–Crippen MR) is 66.1 cm³/mol. The molecule has 0 saturated heterocycles. The van der Waals surface area contributed by atoms with Crippen molar-refractivity contribution in [1.29, 1.82) is 0 Å². The van der Waals surface area contributed by atoms with Crippen molar-refractivity contribution in [2.45, 2.75) is 0 Å². The van der Waals surface area contributed by atoms with E-state index in [0.29, 0.717) is 16.3 Å². The molecule has 1 N–H and O–H groups in total. The van der Waals surface area contributed by atoms with E-state index in [1.165, 1.54) is 0 Å². The fourth-order valence-electron chi connectivity index (χ4n) is 1.79. The van der Waals surface area contributed by atoms with Gasteiger partial charge in [0, 0.05) is 10.6 Å². The number of benzene rings is 2. The van der Waals surface area contributed by atoms with Crippen LogP contribution < -0.4 is 0 Å². The molecule has 1 heterocycles. The Morgan fingerprint density at radius 3 is 2.76 bits per heavy atom. The summed E-state index contributed by atoms with van der Waals surface area (Å²) < 4.78 is 5.13. The zero-order valence-electron chi connectivity index (χ0n) is 8.72. The lowest BCUT2D eigenvalue weighted by molar-refractivity contribution is 0.424. The molecule has 0 aliphatic heterocycles. The molecule has 0 radical (unpaired) electrons. The summed E-state index contributed by atoms with van der Waals surface area (Å²) in [4.78, 5) is 0. The third-order valence-corrected chi connectivity index (χ3v) is 2.81. The van der Waals surface area contributed by atoms with Crippen molar-refractivity contribution in [2.75, 3.05) is 0 Å². The van der Waals surface area contributed by atoms with Gasteiger partial charge in [0.2, 0.25) is 5.58 Å². The standard InChI is InChI=1S/C13H8ClNO2/c14-9-4-1-3-8(7-9)12-10-5-2-6-11(16)13(10)17-15-12/h1-7,16H. The molecule has 0 fully saturated rings. The number of nitrogens with zero attached hydrogens (tertiary/aromatic N) is 1. The molecule has 0 unspecified atom stereocenters. The Morgan fingerprint density at radius 1 is 1.12 bits per heavy atom. The first-order valence-corrected chi connectivity index (χ1v) is 5.47. The van der Waals surface area contributed by atoms with Crippen LogP contribution in [0.2, 0.25) is 5.02 Å². The van der Waals surface area contributed by atoms with Gasteiger partial charge in [0.05, 0.1) is 5.39 Å². The number of aromatic hydroxyl groups is 1. The first-order valence-electron chi connectivity index (χ1n) is 5.09. The van der Waals surface area contributed by atoms with Crippen molar-refractivity contribution in [2.24, 2.45) is 0 Å². The van der Waals surface area contributed by atoms with Gasteiger partial charge < -0.3 is 9.63 Å². The highest BCUT2D eigenvalue weighted by Crippen LogP contribution is 2.33. The summed E-state index contributed by atoms with van der Waals surface area (Å²) in [6.07, 6.45) is 0. The van der Waals surface area contributed by atoms with Crippen LogP contribution in [0.1, 0.15) is 0 Å². The zero-order chi connectivity index (χ0) is 11.8. The van der Waals surface area contributed by atoms with Crippen molar-refractivity contribution in [3.63, 3.8) is 0 Å². The fraction of sp³-hybridized carbons (Fsp3) is 0. The highest BCUT2D eigenvalue weighted by Gasteiger charge is 2.12. The first kappa shape index (κ1) is 10.2. The van der Waals surface area contributed by atoms with Gasteiger partial charge in [0.1, 0.15) is 5.69 Å². The molecular formula is C13H8ClNO2. The van der Waals surface area contributed by atoms with Crippen molar-refractivity contribution >= 4 is 22.6 Å². The number of phenols is 1. The highest BCUT2D eigenvalue weighted by molar-refractivity contribution is 6.30. The maximum atomic E-state index is 9.63. The topological polar surface area (TPSA) is 46.3 Å². The number of aromatic nitrogens is 1. The van der Waals surface area contributed by atoms with Gasteiger partial charge in [-0.1, -0.05) is 35.0 Å². The molecule has 0 amide bonds. The number of hydrogen-bond donors (Lipinski definition) is 1. The summed E-state index contributed by atoms with van der Waals surface area (Å²) in [6, 6.07) is 12.5. The smallest absolute Gasteiger partial charge is 0.209 e. The Bertz CT molecular complexity index is 691. The summed E-state index contributed by atoms with van der Waals surface area (Å²) in [5, 5.41) is 15.0. The lowest BCUT2D eigenvalue weighted by Gasteiger charge is -1.97. The lowest BCUT2D eigenvalue weighted by Crippen LogP contribution is -1.77. The molecule has 0 saturated carbocycles. The molecule has 0 bridgehead atoms. The number of para-hydroxylation sites is 1. The third-order valence-electron chi connectivity index (χ3n) is 2.58. The van der Waals surface area contributed by atoms with E-state index < -0.39 is 0 Å². The quantitative estimate of drug-likeness (QED) is 0.708. The van der Waals surface area contributed by atoms with Crippen LogP contribution in [0.5, 0.6) is 5.75 Å². The van der Waals surface area contributed by atoms with E-state index in [2.05, 4.69) is 5.16 Å². The maximum absolute atomic E-state index is 9.63. The molecular weight excluding hydrogens is 238 g/mol. The molecule has 2 aromatic carbocycles. The highest BCUT2D eigenvalue weighted by atomic mass is 35.5. The van der Waals surface area contributed by atoms with Crippen molar-refractivity contribution in [3.8, 4) is 17.0 Å². The zero-order valence-corrected chi connectivity index (χ0v) is 9.48. The van der Waals surface area contributed by atoms with E-state index >= 15 is 0 Å². The average Bonchev–Trinajstić information content (AvgIpc) is 2.74. The van der Waals surface area contributed by atoms with Gasteiger partial charge >= 0.3 is 0 Å². The Kier molecular flexibility index (Phi) is 2.27. The number of phenolic OH excluding ortho intramolecular Hbond substituents is 1. The molecule has 3 nitrogen and oxygen atoms in total. The van der Waals surface area contributed by atoms with Crippen LogP contribution in [0.25, 0.3) is 22.2 Å². The van der Waals surface area contributed by atoms with Crippen LogP contribution in [0.15, 0.2) is 47.0 Å². The van der Waals surface area contributed by atoms with E-state index in [0.717, 1.165) is 10.9 Å². The average molecular weight is 246 g/mol. The van der Waals surface area contributed by atoms with Crippen LogP contribution in [0.3, 0.4) is 0 Å². The molecule has 1 aromatic heterocycles. The number of halogens is 1. The lowest BCUT2D eigenvalue weighted by atomic mass is 10.1. The van der Waals surface area contributed by atoms with Crippen LogP contribution in [-0.4, -0.2) is 10.3 Å². The van der Waals surface area contributed by atoms with Gasteiger partial charge in [-0.25, -0.2) is 0 Å². The van der Waals surface area contributed by atoms with Gasteiger partial charge in [-0.05, 0) is 24.3 Å². The second kappa shape index (κ2) is 3.79. The maximum Gasteiger partial charge on any atom is 0.209 e. The van der Waals surface area contributed by atoms with Gasteiger partial charge in [0.15, 0.2) is 5.75 Å². The fourth-order valence-corrected chi connectivity index (χ4v) is 1.98. The Labute approximate surface area is 102 Å². The van der Waals surface area contributed by atoms with Crippen molar-refractivity contribution in [1.82, 2.24) is 5.16 Å². The Morgan fingerprint density at radius 2 is 1.94 bits per heavy atom. The molecule has 84 valence electrons. The molecule has 3 rings (SSSR count). The minimum Gasteiger partial charge on any atom is -0.504 e. The summed E-state index contributed by atoms with van der Waals surface area (Å²) in [5.74, 6) is 0.0864. The number of fused-ring (bicyclic) bond motifs is 1. The van der Waals surface area contributed by atoms with Gasteiger partial charge in [-0.15, -0.1) is 0 Å². The van der Waals surface area contributed by atoms with Crippen LogP contribution in [0.4, 0.5) is 0 Å². The molecule has 0 atom stereocenters. The molecule has 0 spiro atoms. The van der Waals surface area contributed by atoms with Crippen LogP contribution >= 0.6 is 11.6 Å². The van der Waals surface area contributed by atoms with E-state index in [9.17, 15) is 5.11 Å².